The smallest absolute Gasteiger partial charge is 0.123 e. The van der Waals surface area contributed by atoms with Crippen LogP contribution in [0.1, 0.15) is 16.7 Å². The van der Waals surface area contributed by atoms with Gasteiger partial charge in [0, 0.05) is 12.1 Å². The van der Waals surface area contributed by atoms with Crippen molar-refractivity contribution in [1.82, 2.24) is 0 Å². The van der Waals surface area contributed by atoms with Gasteiger partial charge in [-0.25, -0.2) is 0 Å². The van der Waals surface area contributed by atoms with Crippen LogP contribution in [0.15, 0.2) is 36.4 Å². The van der Waals surface area contributed by atoms with E-state index in [0.29, 0.717) is 12.3 Å². The molecule has 2 aromatic carbocycles. The summed E-state index contributed by atoms with van der Waals surface area (Å²) in [6, 6.07) is 11.6. The van der Waals surface area contributed by atoms with Gasteiger partial charge in [-0.05, 0) is 31.0 Å². The largest absolute Gasteiger partial charge is 0.507 e. The van der Waals surface area contributed by atoms with Crippen molar-refractivity contribution in [2.24, 2.45) is 0 Å². The first-order valence-electron chi connectivity index (χ1n) is 5.86. The first-order chi connectivity index (χ1) is 8.59. The molecule has 0 spiro atoms. The van der Waals surface area contributed by atoms with E-state index in [1.807, 2.05) is 50.2 Å². The van der Waals surface area contributed by atoms with Gasteiger partial charge >= 0.3 is 0 Å². The van der Waals surface area contributed by atoms with Gasteiger partial charge in [0.15, 0.2) is 0 Å². The molecule has 2 nitrogen and oxygen atoms in total. The van der Waals surface area contributed by atoms with Crippen molar-refractivity contribution >= 4 is 17.3 Å². The zero-order valence-corrected chi connectivity index (χ0v) is 11.3. The van der Waals surface area contributed by atoms with Gasteiger partial charge in [-0.2, -0.15) is 0 Å². The zero-order chi connectivity index (χ0) is 13.1. The Morgan fingerprint density at radius 1 is 1.06 bits per heavy atom. The van der Waals surface area contributed by atoms with E-state index >= 15 is 0 Å². The lowest BCUT2D eigenvalue weighted by Crippen LogP contribution is -2.01. The fourth-order valence-corrected chi connectivity index (χ4v) is 2.03. The van der Waals surface area contributed by atoms with E-state index in [1.54, 1.807) is 0 Å². The second-order valence-electron chi connectivity index (χ2n) is 4.37. The molecule has 0 heterocycles. The van der Waals surface area contributed by atoms with E-state index < -0.39 is 0 Å². The number of aryl methyl sites for hydroxylation is 2. The average Bonchev–Trinajstić information content (AvgIpc) is 2.36. The van der Waals surface area contributed by atoms with E-state index in [0.717, 1.165) is 27.4 Å². The van der Waals surface area contributed by atoms with Gasteiger partial charge in [-0.1, -0.05) is 41.9 Å². The molecule has 0 aliphatic carbocycles. The van der Waals surface area contributed by atoms with Crippen molar-refractivity contribution < 1.29 is 5.11 Å². The predicted molar refractivity (Wildman–Crippen MR) is 76.4 cm³/mol. The highest BCUT2D eigenvalue weighted by Crippen LogP contribution is 2.27. The van der Waals surface area contributed by atoms with E-state index in [4.69, 9.17) is 11.6 Å². The monoisotopic (exact) mass is 261 g/mol. The zero-order valence-electron chi connectivity index (χ0n) is 10.5. The molecule has 94 valence electrons. The third-order valence-electron chi connectivity index (χ3n) is 2.98. The van der Waals surface area contributed by atoms with Crippen molar-refractivity contribution in [3.63, 3.8) is 0 Å². The maximum atomic E-state index is 9.93. The molecule has 0 aromatic heterocycles. The summed E-state index contributed by atoms with van der Waals surface area (Å²) in [7, 11) is 0. The summed E-state index contributed by atoms with van der Waals surface area (Å²) in [5.74, 6) is 0.341. The van der Waals surface area contributed by atoms with Crippen molar-refractivity contribution in [1.29, 1.82) is 0 Å². The summed E-state index contributed by atoms with van der Waals surface area (Å²) in [5, 5.41) is 13.9. The Morgan fingerprint density at radius 2 is 1.72 bits per heavy atom. The predicted octanol–water partition coefficient (Wildman–Crippen LogP) is 4.27. The van der Waals surface area contributed by atoms with Crippen LogP contribution in [0.2, 0.25) is 5.02 Å². The van der Waals surface area contributed by atoms with E-state index in [9.17, 15) is 5.11 Å². The fraction of sp³-hybridized carbons (Fsp3) is 0.200. The van der Waals surface area contributed by atoms with Crippen LogP contribution in [-0.2, 0) is 6.54 Å². The van der Waals surface area contributed by atoms with Crippen LogP contribution < -0.4 is 5.32 Å². The van der Waals surface area contributed by atoms with Crippen molar-refractivity contribution in [2.45, 2.75) is 20.4 Å². The molecule has 0 bridgehead atoms. The molecule has 0 saturated carbocycles. The Bertz CT molecular complexity index is 515. The van der Waals surface area contributed by atoms with Gasteiger partial charge in [0.1, 0.15) is 5.75 Å². The summed E-state index contributed by atoms with van der Waals surface area (Å²) < 4.78 is 0. The number of hydrogen-bond acceptors (Lipinski definition) is 2. The van der Waals surface area contributed by atoms with Crippen LogP contribution in [0.5, 0.6) is 5.75 Å². The van der Waals surface area contributed by atoms with Gasteiger partial charge in [-0.15, -0.1) is 0 Å². The third kappa shape index (κ3) is 2.59. The second kappa shape index (κ2) is 5.32. The number of nitrogens with one attached hydrogen (secondary N) is 1. The van der Waals surface area contributed by atoms with Gasteiger partial charge in [0.25, 0.3) is 0 Å². The number of halogens is 1. The number of anilines is 1. The Hall–Kier alpha value is -1.67. The molecular formula is C15H16ClNO. The van der Waals surface area contributed by atoms with Gasteiger partial charge in [-0.3, -0.25) is 0 Å². The molecule has 2 N–H and O–H groups in total. The highest BCUT2D eigenvalue weighted by Gasteiger charge is 2.05. The Kier molecular flexibility index (Phi) is 3.78. The summed E-state index contributed by atoms with van der Waals surface area (Å²) in [6.45, 7) is 4.41. The lowest BCUT2D eigenvalue weighted by Gasteiger charge is -2.12. The quantitative estimate of drug-likeness (QED) is 0.865. The van der Waals surface area contributed by atoms with Crippen LogP contribution in [0.3, 0.4) is 0 Å². The summed E-state index contributed by atoms with van der Waals surface area (Å²) in [4.78, 5) is 0. The molecule has 2 aromatic rings. The molecule has 18 heavy (non-hydrogen) atoms. The van der Waals surface area contributed by atoms with E-state index in [1.165, 1.54) is 0 Å². The van der Waals surface area contributed by atoms with E-state index in [-0.39, 0.29) is 0 Å². The SMILES string of the molecule is Cc1cccc(CNc2cccc(C)c2Cl)c1O. The molecule has 3 heteroatoms. The van der Waals surface area contributed by atoms with Crippen LogP contribution in [0.4, 0.5) is 5.69 Å². The molecular weight excluding hydrogens is 246 g/mol. The van der Waals surface area contributed by atoms with Crippen molar-refractivity contribution in [2.75, 3.05) is 5.32 Å². The fourth-order valence-electron chi connectivity index (χ4n) is 1.84. The lowest BCUT2D eigenvalue weighted by molar-refractivity contribution is 0.465. The minimum Gasteiger partial charge on any atom is -0.507 e. The van der Waals surface area contributed by atoms with Crippen molar-refractivity contribution in [3.05, 3.63) is 58.1 Å². The number of aromatic hydroxyl groups is 1. The molecule has 0 saturated heterocycles. The first-order valence-corrected chi connectivity index (χ1v) is 6.24. The van der Waals surface area contributed by atoms with Crippen LogP contribution in [-0.4, -0.2) is 5.11 Å². The Balaban J connectivity index is 2.17. The third-order valence-corrected chi connectivity index (χ3v) is 3.48. The topological polar surface area (TPSA) is 32.3 Å². The van der Waals surface area contributed by atoms with Crippen LogP contribution in [0.25, 0.3) is 0 Å². The minimum atomic E-state index is 0.341. The molecule has 0 fully saturated rings. The molecule has 0 aliphatic heterocycles. The molecule has 2 rings (SSSR count). The summed E-state index contributed by atoms with van der Waals surface area (Å²) in [5.41, 5.74) is 3.67. The molecule has 0 aliphatic rings. The Morgan fingerprint density at radius 3 is 2.50 bits per heavy atom. The lowest BCUT2D eigenvalue weighted by atomic mass is 10.1. The maximum Gasteiger partial charge on any atom is 0.123 e. The Labute approximate surface area is 112 Å². The minimum absolute atomic E-state index is 0.341. The number of phenols is 1. The highest BCUT2D eigenvalue weighted by atomic mass is 35.5. The number of benzene rings is 2. The van der Waals surface area contributed by atoms with Gasteiger partial charge in [0.05, 0.1) is 10.7 Å². The summed E-state index contributed by atoms with van der Waals surface area (Å²) >= 11 is 6.21. The van der Waals surface area contributed by atoms with E-state index in [2.05, 4.69) is 5.32 Å². The second-order valence-corrected chi connectivity index (χ2v) is 4.75. The maximum absolute atomic E-state index is 9.93. The number of hydrogen-bond donors (Lipinski definition) is 2. The normalized spacial score (nSPS) is 10.4. The molecule has 0 amide bonds. The number of para-hydroxylation sites is 1. The van der Waals surface area contributed by atoms with Crippen molar-refractivity contribution in [3.8, 4) is 5.75 Å². The summed E-state index contributed by atoms with van der Waals surface area (Å²) in [6.07, 6.45) is 0. The van der Waals surface area contributed by atoms with Gasteiger partial charge < -0.3 is 10.4 Å². The van der Waals surface area contributed by atoms with Crippen LogP contribution >= 0.6 is 11.6 Å². The molecule has 0 radical (unpaired) electrons. The molecule has 0 atom stereocenters. The number of rotatable bonds is 3. The highest BCUT2D eigenvalue weighted by molar-refractivity contribution is 6.33. The van der Waals surface area contributed by atoms with Gasteiger partial charge in [0.2, 0.25) is 0 Å². The van der Waals surface area contributed by atoms with Crippen LogP contribution in [0, 0.1) is 13.8 Å². The number of phenolic OH excluding ortho intramolecular Hbond substituents is 1. The standard InChI is InChI=1S/C15H16ClNO/c1-10-5-4-8-13(14(10)16)17-9-12-7-3-6-11(2)15(12)18/h3-8,17-18H,9H2,1-2H3. The first kappa shape index (κ1) is 12.8. The average molecular weight is 262 g/mol. The molecule has 0 unspecified atom stereocenters.